The summed E-state index contributed by atoms with van der Waals surface area (Å²) in [5.74, 6) is -1.78. The Hall–Kier alpha value is -3.22. The van der Waals surface area contributed by atoms with Crippen molar-refractivity contribution in [2.24, 2.45) is 0 Å². The second-order valence-electron chi connectivity index (χ2n) is 5.27. The van der Waals surface area contributed by atoms with Crippen LogP contribution >= 0.6 is 0 Å². The number of hydrogen-bond acceptors (Lipinski definition) is 4. The van der Waals surface area contributed by atoms with Crippen molar-refractivity contribution >= 4 is 29.2 Å². The van der Waals surface area contributed by atoms with E-state index in [1.165, 1.54) is 25.1 Å². The molecular formula is C18H17FN2O4. The number of nitrogens with one attached hydrogen (secondary N) is 2. The first-order chi connectivity index (χ1) is 11.9. The zero-order chi connectivity index (χ0) is 18.2. The number of esters is 1. The molecule has 25 heavy (non-hydrogen) atoms. The van der Waals surface area contributed by atoms with Crippen LogP contribution in [0.1, 0.15) is 12.5 Å². The van der Waals surface area contributed by atoms with Crippen LogP contribution in [0.4, 0.5) is 15.8 Å². The summed E-state index contributed by atoms with van der Waals surface area (Å²) in [7, 11) is 0. The number of benzene rings is 2. The summed E-state index contributed by atoms with van der Waals surface area (Å²) in [4.78, 5) is 34.4. The molecule has 0 aliphatic carbocycles. The van der Waals surface area contributed by atoms with E-state index in [0.717, 1.165) is 6.07 Å². The molecule has 0 saturated carbocycles. The number of anilines is 2. The highest BCUT2D eigenvalue weighted by Crippen LogP contribution is 2.11. The van der Waals surface area contributed by atoms with Crippen molar-refractivity contribution in [2.75, 3.05) is 17.2 Å². The van der Waals surface area contributed by atoms with Gasteiger partial charge in [-0.3, -0.25) is 14.4 Å². The molecule has 0 radical (unpaired) electrons. The van der Waals surface area contributed by atoms with Crippen molar-refractivity contribution in [3.05, 3.63) is 59.9 Å². The van der Waals surface area contributed by atoms with Gasteiger partial charge in [-0.1, -0.05) is 18.2 Å². The third-order valence-corrected chi connectivity index (χ3v) is 3.10. The minimum Gasteiger partial charge on any atom is -0.455 e. The van der Waals surface area contributed by atoms with Crippen LogP contribution in [0.3, 0.4) is 0 Å². The number of carbonyl (C=O) groups excluding carboxylic acids is 3. The molecule has 6 nitrogen and oxygen atoms in total. The first-order valence-corrected chi connectivity index (χ1v) is 7.50. The third-order valence-electron chi connectivity index (χ3n) is 3.10. The standard InChI is InChI=1S/C18H17FN2O4/c1-12(22)20-15-7-5-13(6-8-15)9-18(24)25-11-17(23)21-16-4-2-3-14(19)10-16/h2-8,10H,9,11H2,1H3,(H,20,22)(H,21,23). The minimum absolute atomic E-state index is 0.00635. The van der Waals surface area contributed by atoms with Crippen LogP contribution in [0, 0.1) is 5.82 Å². The summed E-state index contributed by atoms with van der Waals surface area (Å²) >= 11 is 0. The fraction of sp³-hybridized carbons (Fsp3) is 0.167. The van der Waals surface area contributed by atoms with Crippen molar-refractivity contribution < 1.29 is 23.5 Å². The van der Waals surface area contributed by atoms with E-state index in [0.29, 0.717) is 11.3 Å². The number of halogens is 1. The lowest BCUT2D eigenvalue weighted by molar-refractivity contribution is -0.146. The molecule has 0 aliphatic heterocycles. The second kappa shape index (κ2) is 8.58. The Morgan fingerprint density at radius 3 is 2.36 bits per heavy atom. The molecular weight excluding hydrogens is 327 g/mol. The van der Waals surface area contributed by atoms with Crippen LogP contribution < -0.4 is 10.6 Å². The van der Waals surface area contributed by atoms with Gasteiger partial charge in [0, 0.05) is 18.3 Å². The molecule has 2 aromatic rings. The van der Waals surface area contributed by atoms with E-state index >= 15 is 0 Å². The fourth-order valence-corrected chi connectivity index (χ4v) is 2.04. The summed E-state index contributed by atoms with van der Waals surface area (Å²) in [5.41, 5.74) is 1.60. The van der Waals surface area contributed by atoms with Gasteiger partial charge >= 0.3 is 5.97 Å². The molecule has 0 atom stereocenters. The first-order valence-electron chi connectivity index (χ1n) is 7.50. The van der Waals surface area contributed by atoms with Crippen LogP contribution in [0.25, 0.3) is 0 Å². The Kier molecular flexibility index (Phi) is 6.22. The van der Waals surface area contributed by atoms with Crippen LogP contribution in [-0.4, -0.2) is 24.4 Å². The lowest BCUT2D eigenvalue weighted by Crippen LogP contribution is -2.21. The number of ether oxygens (including phenoxy) is 1. The zero-order valence-electron chi connectivity index (χ0n) is 13.5. The number of rotatable bonds is 6. The predicted molar refractivity (Wildman–Crippen MR) is 90.4 cm³/mol. The molecule has 0 fully saturated rings. The van der Waals surface area contributed by atoms with Crippen molar-refractivity contribution in [2.45, 2.75) is 13.3 Å². The lowest BCUT2D eigenvalue weighted by Gasteiger charge is -2.07. The van der Waals surface area contributed by atoms with E-state index < -0.39 is 24.3 Å². The van der Waals surface area contributed by atoms with Crippen molar-refractivity contribution in [1.82, 2.24) is 0 Å². The van der Waals surface area contributed by atoms with Gasteiger partial charge in [-0.25, -0.2) is 4.39 Å². The Balaban J connectivity index is 1.78. The van der Waals surface area contributed by atoms with E-state index in [1.807, 2.05) is 0 Å². The quantitative estimate of drug-likeness (QED) is 0.789. The summed E-state index contributed by atoms with van der Waals surface area (Å²) in [5, 5.41) is 5.05. The average Bonchev–Trinajstić information content (AvgIpc) is 2.54. The maximum atomic E-state index is 13.0. The van der Waals surface area contributed by atoms with Gasteiger partial charge in [0.25, 0.3) is 5.91 Å². The summed E-state index contributed by atoms with van der Waals surface area (Å²) in [6, 6.07) is 12.1. The smallest absolute Gasteiger partial charge is 0.310 e. The average molecular weight is 344 g/mol. The van der Waals surface area contributed by atoms with Gasteiger partial charge in [0.1, 0.15) is 5.82 Å². The van der Waals surface area contributed by atoms with E-state index in [-0.39, 0.29) is 18.0 Å². The minimum atomic E-state index is -0.568. The topological polar surface area (TPSA) is 84.5 Å². The SMILES string of the molecule is CC(=O)Nc1ccc(CC(=O)OCC(=O)Nc2cccc(F)c2)cc1. The van der Waals surface area contributed by atoms with Gasteiger partial charge in [-0.2, -0.15) is 0 Å². The van der Waals surface area contributed by atoms with Gasteiger partial charge in [-0.15, -0.1) is 0 Å². The molecule has 0 heterocycles. The molecule has 0 spiro atoms. The van der Waals surface area contributed by atoms with Gasteiger partial charge in [0.2, 0.25) is 5.91 Å². The lowest BCUT2D eigenvalue weighted by atomic mass is 10.1. The third kappa shape index (κ3) is 6.42. The normalized spacial score (nSPS) is 10.0. The van der Waals surface area contributed by atoms with Crippen molar-refractivity contribution in [1.29, 1.82) is 0 Å². The highest BCUT2D eigenvalue weighted by Gasteiger charge is 2.09. The van der Waals surface area contributed by atoms with Gasteiger partial charge in [0.05, 0.1) is 6.42 Å². The van der Waals surface area contributed by atoms with Crippen molar-refractivity contribution in [3.8, 4) is 0 Å². The van der Waals surface area contributed by atoms with Crippen LogP contribution in [-0.2, 0) is 25.5 Å². The van der Waals surface area contributed by atoms with E-state index in [1.54, 1.807) is 24.3 Å². The largest absolute Gasteiger partial charge is 0.455 e. The van der Waals surface area contributed by atoms with Crippen LogP contribution in [0.5, 0.6) is 0 Å². The maximum Gasteiger partial charge on any atom is 0.310 e. The van der Waals surface area contributed by atoms with Crippen molar-refractivity contribution in [3.63, 3.8) is 0 Å². The highest BCUT2D eigenvalue weighted by molar-refractivity contribution is 5.93. The molecule has 2 rings (SSSR count). The van der Waals surface area contributed by atoms with Gasteiger partial charge in [0.15, 0.2) is 6.61 Å². The van der Waals surface area contributed by atoms with E-state index in [4.69, 9.17) is 4.74 Å². The molecule has 7 heteroatoms. The first kappa shape index (κ1) is 18.1. The molecule has 0 aliphatic rings. The Labute approximate surface area is 144 Å². The summed E-state index contributed by atoms with van der Waals surface area (Å²) < 4.78 is 17.9. The van der Waals surface area contributed by atoms with E-state index in [9.17, 15) is 18.8 Å². The Morgan fingerprint density at radius 2 is 1.72 bits per heavy atom. The molecule has 2 aromatic carbocycles. The molecule has 0 unspecified atom stereocenters. The van der Waals surface area contributed by atoms with E-state index in [2.05, 4.69) is 10.6 Å². The molecule has 0 aromatic heterocycles. The van der Waals surface area contributed by atoms with Crippen LogP contribution in [0.15, 0.2) is 48.5 Å². The second-order valence-corrected chi connectivity index (χ2v) is 5.27. The number of hydrogen-bond donors (Lipinski definition) is 2. The predicted octanol–water partition coefficient (Wildman–Crippen LogP) is 2.51. The highest BCUT2D eigenvalue weighted by atomic mass is 19.1. The Morgan fingerprint density at radius 1 is 1.00 bits per heavy atom. The molecule has 0 bridgehead atoms. The summed E-state index contributed by atoms with van der Waals surface area (Å²) in [6.45, 7) is 0.944. The Bertz CT molecular complexity index is 775. The monoisotopic (exact) mass is 344 g/mol. The zero-order valence-corrected chi connectivity index (χ0v) is 13.5. The maximum absolute atomic E-state index is 13.0. The molecule has 2 N–H and O–H groups in total. The molecule has 130 valence electrons. The number of carbonyl (C=O) groups is 3. The number of amides is 2. The molecule has 0 saturated heterocycles. The summed E-state index contributed by atoms with van der Waals surface area (Å²) in [6.07, 6.45) is -0.00635. The van der Waals surface area contributed by atoms with Crippen LogP contribution in [0.2, 0.25) is 0 Å². The van der Waals surface area contributed by atoms with Gasteiger partial charge < -0.3 is 15.4 Å². The molecule has 2 amide bonds. The fourth-order valence-electron chi connectivity index (χ4n) is 2.04. The van der Waals surface area contributed by atoms with Gasteiger partial charge in [-0.05, 0) is 35.9 Å².